The number of nitrogens with one attached hydrogen (secondary N) is 2. The lowest BCUT2D eigenvalue weighted by atomic mass is 9.80. The number of thiophene rings is 1. The third-order valence-electron chi connectivity index (χ3n) is 5.22. The Morgan fingerprint density at radius 1 is 1.19 bits per heavy atom. The summed E-state index contributed by atoms with van der Waals surface area (Å²) in [5, 5.41) is 10.7. The first-order valence-corrected chi connectivity index (χ1v) is 9.30. The van der Waals surface area contributed by atoms with Crippen molar-refractivity contribution in [3.63, 3.8) is 0 Å². The fraction of sp³-hybridized carbons (Fsp3) is 0.706. The third-order valence-corrected chi connectivity index (χ3v) is 5.91. The molecular formula is C17H26N2OS. The van der Waals surface area contributed by atoms with Crippen molar-refractivity contribution in [1.82, 2.24) is 10.6 Å². The van der Waals surface area contributed by atoms with Gasteiger partial charge in [0.25, 0.3) is 0 Å². The molecule has 2 amide bonds. The fourth-order valence-electron chi connectivity index (χ4n) is 3.92. The largest absolute Gasteiger partial charge is 0.337 e. The maximum Gasteiger partial charge on any atom is 0.315 e. The van der Waals surface area contributed by atoms with Crippen LogP contribution in [0.2, 0.25) is 0 Å². The maximum absolute atomic E-state index is 12.2. The molecule has 3 rings (SSSR count). The molecule has 0 aromatic carbocycles. The van der Waals surface area contributed by atoms with E-state index in [2.05, 4.69) is 27.5 Å². The van der Waals surface area contributed by atoms with Crippen molar-refractivity contribution >= 4 is 17.4 Å². The van der Waals surface area contributed by atoms with Crippen LogP contribution in [-0.4, -0.2) is 18.6 Å². The van der Waals surface area contributed by atoms with E-state index in [0.29, 0.717) is 6.04 Å². The first-order chi connectivity index (χ1) is 10.3. The number of carbonyl (C=O) groups excluding carboxylic acids is 1. The Labute approximate surface area is 131 Å². The zero-order valence-electron chi connectivity index (χ0n) is 12.7. The molecule has 2 N–H and O–H groups in total. The molecule has 2 fully saturated rings. The average Bonchev–Trinajstić information content (AvgIpc) is 3.18. The van der Waals surface area contributed by atoms with Gasteiger partial charge in [-0.1, -0.05) is 32.1 Å². The van der Waals surface area contributed by atoms with Crippen molar-refractivity contribution in [2.75, 3.05) is 6.54 Å². The number of amides is 2. The first-order valence-electron chi connectivity index (χ1n) is 8.36. The number of hydrogen-bond donors (Lipinski definition) is 2. The number of urea groups is 1. The van der Waals surface area contributed by atoms with Gasteiger partial charge in [0.05, 0.1) is 0 Å². The van der Waals surface area contributed by atoms with Crippen LogP contribution in [-0.2, 0) is 5.41 Å². The summed E-state index contributed by atoms with van der Waals surface area (Å²) in [6.45, 7) is 0.780. The fourth-order valence-corrected chi connectivity index (χ4v) is 4.70. The van der Waals surface area contributed by atoms with Crippen molar-refractivity contribution in [1.29, 1.82) is 0 Å². The van der Waals surface area contributed by atoms with E-state index in [1.807, 2.05) is 0 Å². The molecule has 1 heterocycles. The van der Waals surface area contributed by atoms with Gasteiger partial charge in [0.1, 0.15) is 0 Å². The zero-order valence-corrected chi connectivity index (χ0v) is 13.5. The Balaban J connectivity index is 1.53. The third kappa shape index (κ3) is 3.60. The van der Waals surface area contributed by atoms with E-state index >= 15 is 0 Å². The van der Waals surface area contributed by atoms with Gasteiger partial charge in [0.2, 0.25) is 0 Å². The van der Waals surface area contributed by atoms with E-state index < -0.39 is 0 Å². The van der Waals surface area contributed by atoms with Gasteiger partial charge >= 0.3 is 6.03 Å². The van der Waals surface area contributed by atoms with Gasteiger partial charge in [0, 0.05) is 18.0 Å². The molecule has 0 saturated heterocycles. The van der Waals surface area contributed by atoms with Crippen LogP contribution in [0.25, 0.3) is 0 Å². The van der Waals surface area contributed by atoms with Crippen LogP contribution in [0.4, 0.5) is 4.79 Å². The molecule has 2 saturated carbocycles. The van der Waals surface area contributed by atoms with Gasteiger partial charge in [-0.2, -0.15) is 11.3 Å². The number of rotatable bonds is 4. The molecule has 2 aliphatic carbocycles. The van der Waals surface area contributed by atoms with Gasteiger partial charge in [0.15, 0.2) is 0 Å². The van der Waals surface area contributed by atoms with Crippen LogP contribution in [0.3, 0.4) is 0 Å². The Morgan fingerprint density at radius 2 is 1.95 bits per heavy atom. The van der Waals surface area contributed by atoms with Gasteiger partial charge < -0.3 is 10.6 Å². The number of carbonyl (C=O) groups is 1. The second-order valence-corrected chi connectivity index (χ2v) is 7.44. The van der Waals surface area contributed by atoms with Crippen LogP contribution >= 0.6 is 11.3 Å². The summed E-state index contributed by atoms with van der Waals surface area (Å²) >= 11 is 1.76. The summed E-state index contributed by atoms with van der Waals surface area (Å²) in [7, 11) is 0. The summed E-state index contributed by atoms with van der Waals surface area (Å²) in [6, 6.07) is 2.65. The Hall–Kier alpha value is -1.03. The van der Waals surface area contributed by atoms with E-state index in [9.17, 15) is 4.79 Å². The minimum Gasteiger partial charge on any atom is -0.337 e. The van der Waals surface area contributed by atoms with E-state index in [-0.39, 0.29) is 11.4 Å². The standard InChI is InChI=1S/C17H26N2OS/c20-16(19-15-6-2-1-3-7-15)18-13-17(9-4-5-10-17)14-8-11-21-12-14/h8,11-12,15H,1-7,9-10,13H2,(H2,18,19,20). The molecular weight excluding hydrogens is 280 g/mol. The predicted octanol–water partition coefficient (Wildman–Crippen LogP) is 4.19. The van der Waals surface area contributed by atoms with Crippen molar-refractivity contribution < 1.29 is 4.79 Å². The Kier molecular flexibility index (Phi) is 4.84. The van der Waals surface area contributed by atoms with E-state index in [4.69, 9.17) is 0 Å². The minimum absolute atomic E-state index is 0.0309. The second-order valence-electron chi connectivity index (χ2n) is 6.66. The van der Waals surface area contributed by atoms with Crippen LogP contribution in [0.15, 0.2) is 16.8 Å². The van der Waals surface area contributed by atoms with Crippen molar-refractivity contribution in [2.45, 2.75) is 69.2 Å². The van der Waals surface area contributed by atoms with Crippen LogP contribution in [0.5, 0.6) is 0 Å². The predicted molar refractivity (Wildman–Crippen MR) is 87.9 cm³/mol. The van der Waals surface area contributed by atoms with Gasteiger partial charge in [-0.05, 0) is 48.1 Å². The lowest BCUT2D eigenvalue weighted by molar-refractivity contribution is 0.229. The second kappa shape index (κ2) is 6.82. The SMILES string of the molecule is O=C(NCC1(c2ccsc2)CCCC1)NC1CCCCC1. The summed E-state index contributed by atoms with van der Waals surface area (Å²) in [5.41, 5.74) is 1.60. The first kappa shape index (κ1) is 14.9. The molecule has 0 spiro atoms. The molecule has 116 valence electrons. The summed E-state index contributed by atoms with van der Waals surface area (Å²) in [4.78, 5) is 12.2. The molecule has 2 aliphatic rings. The molecule has 0 aliphatic heterocycles. The average molecular weight is 306 g/mol. The quantitative estimate of drug-likeness (QED) is 0.860. The van der Waals surface area contributed by atoms with E-state index in [1.54, 1.807) is 11.3 Å². The van der Waals surface area contributed by atoms with Gasteiger partial charge in [-0.25, -0.2) is 4.79 Å². The molecule has 0 bridgehead atoms. The van der Waals surface area contributed by atoms with Crippen molar-refractivity contribution in [3.05, 3.63) is 22.4 Å². The van der Waals surface area contributed by atoms with Crippen LogP contribution in [0.1, 0.15) is 63.4 Å². The maximum atomic E-state index is 12.2. The lowest BCUT2D eigenvalue weighted by Gasteiger charge is -2.30. The van der Waals surface area contributed by atoms with Gasteiger partial charge in [-0.3, -0.25) is 0 Å². The smallest absolute Gasteiger partial charge is 0.315 e. The highest BCUT2D eigenvalue weighted by Gasteiger charge is 2.36. The highest BCUT2D eigenvalue weighted by atomic mass is 32.1. The summed E-state index contributed by atoms with van der Waals surface area (Å²) in [6.07, 6.45) is 11.1. The molecule has 21 heavy (non-hydrogen) atoms. The topological polar surface area (TPSA) is 41.1 Å². The minimum atomic E-state index is 0.0309. The Morgan fingerprint density at radius 3 is 2.62 bits per heavy atom. The molecule has 0 unspecified atom stereocenters. The molecule has 1 aromatic rings. The lowest BCUT2D eigenvalue weighted by Crippen LogP contribution is -2.47. The zero-order chi connectivity index (χ0) is 14.5. The monoisotopic (exact) mass is 306 g/mol. The highest BCUT2D eigenvalue weighted by Crippen LogP contribution is 2.41. The Bertz CT molecular complexity index is 445. The molecule has 1 aromatic heterocycles. The molecule has 3 nitrogen and oxygen atoms in total. The molecule has 0 radical (unpaired) electrons. The van der Waals surface area contributed by atoms with Gasteiger partial charge in [-0.15, -0.1) is 0 Å². The van der Waals surface area contributed by atoms with Crippen molar-refractivity contribution in [2.24, 2.45) is 0 Å². The normalized spacial score (nSPS) is 22.1. The van der Waals surface area contributed by atoms with E-state index in [1.165, 1.54) is 50.5 Å². The van der Waals surface area contributed by atoms with E-state index in [0.717, 1.165) is 19.4 Å². The highest BCUT2D eigenvalue weighted by molar-refractivity contribution is 7.08. The molecule has 0 atom stereocenters. The van der Waals surface area contributed by atoms with Crippen molar-refractivity contribution in [3.8, 4) is 0 Å². The van der Waals surface area contributed by atoms with Crippen LogP contribution < -0.4 is 10.6 Å². The summed E-state index contributed by atoms with van der Waals surface area (Å²) < 4.78 is 0. The summed E-state index contributed by atoms with van der Waals surface area (Å²) in [5.74, 6) is 0. The molecule has 4 heteroatoms. The number of hydrogen-bond acceptors (Lipinski definition) is 2. The van der Waals surface area contributed by atoms with Crippen LogP contribution in [0, 0.1) is 0 Å².